The van der Waals surface area contributed by atoms with Crippen molar-refractivity contribution in [2.75, 3.05) is 0 Å². The molecule has 80 valence electrons. The second-order valence-electron chi connectivity index (χ2n) is 3.62. The lowest BCUT2D eigenvalue weighted by Crippen LogP contribution is -2.13. The van der Waals surface area contributed by atoms with Crippen LogP contribution in [0.4, 0.5) is 0 Å². The summed E-state index contributed by atoms with van der Waals surface area (Å²) in [6, 6.07) is 4.29. The molecular formula is C10H16Cl2N2. The van der Waals surface area contributed by atoms with Crippen LogP contribution in [0.5, 0.6) is 0 Å². The largest absolute Gasteiger partial charge is 0.322 e. The summed E-state index contributed by atoms with van der Waals surface area (Å²) in [5, 5.41) is 0. The van der Waals surface area contributed by atoms with Crippen LogP contribution in [-0.2, 0) is 0 Å². The SMILES string of the molecule is Cc1ccc(C(N)C2CC2)nc1.Cl.Cl. The van der Waals surface area contributed by atoms with Gasteiger partial charge in [0.1, 0.15) is 0 Å². The molecule has 0 saturated heterocycles. The Morgan fingerprint density at radius 2 is 2.00 bits per heavy atom. The van der Waals surface area contributed by atoms with Gasteiger partial charge in [-0.25, -0.2) is 0 Å². The van der Waals surface area contributed by atoms with Gasteiger partial charge in [-0.05, 0) is 37.3 Å². The van der Waals surface area contributed by atoms with Crippen molar-refractivity contribution in [3.05, 3.63) is 29.6 Å². The van der Waals surface area contributed by atoms with E-state index in [1.807, 2.05) is 19.2 Å². The summed E-state index contributed by atoms with van der Waals surface area (Å²) >= 11 is 0. The molecule has 0 bridgehead atoms. The van der Waals surface area contributed by atoms with Crippen molar-refractivity contribution in [2.24, 2.45) is 11.7 Å². The van der Waals surface area contributed by atoms with E-state index in [9.17, 15) is 0 Å². The van der Waals surface area contributed by atoms with Gasteiger partial charge < -0.3 is 5.73 Å². The van der Waals surface area contributed by atoms with Gasteiger partial charge in [-0.3, -0.25) is 4.98 Å². The first-order chi connectivity index (χ1) is 5.77. The summed E-state index contributed by atoms with van der Waals surface area (Å²) in [6.07, 6.45) is 4.44. The van der Waals surface area contributed by atoms with Crippen molar-refractivity contribution in [3.63, 3.8) is 0 Å². The van der Waals surface area contributed by atoms with E-state index in [0.29, 0.717) is 5.92 Å². The van der Waals surface area contributed by atoms with E-state index in [2.05, 4.69) is 11.1 Å². The quantitative estimate of drug-likeness (QED) is 0.855. The molecule has 1 saturated carbocycles. The van der Waals surface area contributed by atoms with Crippen molar-refractivity contribution >= 4 is 24.8 Å². The molecule has 1 fully saturated rings. The number of nitrogens with zero attached hydrogens (tertiary/aromatic N) is 1. The number of halogens is 2. The van der Waals surface area contributed by atoms with E-state index < -0.39 is 0 Å². The number of pyridine rings is 1. The van der Waals surface area contributed by atoms with Gasteiger partial charge in [-0.2, -0.15) is 0 Å². The summed E-state index contributed by atoms with van der Waals surface area (Å²) < 4.78 is 0. The summed E-state index contributed by atoms with van der Waals surface area (Å²) in [6.45, 7) is 2.04. The molecule has 0 amide bonds. The van der Waals surface area contributed by atoms with Crippen molar-refractivity contribution in [1.29, 1.82) is 0 Å². The zero-order valence-corrected chi connectivity index (χ0v) is 9.78. The Morgan fingerprint density at radius 1 is 1.36 bits per heavy atom. The lowest BCUT2D eigenvalue weighted by Gasteiger charge is -2.08. The maximum atomic E-state index is 5.99. The van der Waals surface area contributed by atoms with Gasteiger partial charge in [0.25, 0.3) is 0 Å². The van der Waals surface area contributed by atoms with Gasteiger partial charge in [0.15, 0.2) is 0 Å². The van der Waals surface area contributed by atoms with E-state index in [1.54, 1.807) is 0 Å². The molecule has 1 aromatic rings. The van der Waals surface area contributed by atoms with Crippen LogP contribution in [0.1, 0.15) is 30.1 Å². The molecule has 2 rings (SSSR count). The van der Waals surface area contributed by atoms with Crippen LogP contribution in [0.25, 0.3) is 0 Å². The number of aromatic nitrogens is 1. The lowest BCUT2D eigenvalue weighted by molar-refractivity contribution is 0.614. The monoisotopic (exact) mass is 234 g/mol. The molecule has 1 unspecified atom stereocenters. The molecule has 1 atom stereocenters. The molecule has 0 spiro atoms. The molecule has 2 N–H and O–H groups in total. The third-order valence-electron chi connectivity index (χ3n) is 2.41. The fraction of sp³-hybridized carbons (Fsp3) is 0.500. The Morgan fingerprint density at radius 3 is 2.43 bits per heavy atom. The Hall–Kier alpha value is -0.310. The highest BCUT2D eigenvalue weighted by Crippen LogP contribution is 2.38. The van der Waals surface area contributed by atoms with E-state index in [-0.39, 0.29) is 30.9 Å². The van der Waals surface area contributed by atoms with Crippen LogP contribution in [0.15, 0.2) is 18.3 Å². The molecule has 2 nitrogen and oxygen atoms in total. The molecule has 1 aliphatic carbocycles. The van der Waals surface area contributed by atoms with Crippen LogP contribution in [0, 0.1) is 12.8 Å². The third kappa shape index (κ3) is 3.12. The summed E-state index contributed by atoms with van der Waals surface area (Å²) in [5.41, 5.74) is 8.23. The Bertz CT molecular complexity index is 270. The Kier molecular flexibility index (Phi) is 5.42. The van der Waals surface area contributed by atoms with Crippen molar-refractivity contribution in [2.45, 2.75) is 25.8 Å². The molecule has 1 aliphatic rings. The van der Waals surface area contributed by atoms with Crippen molar-refractivity contribution in [1.82, 2.24) is 4.98 Å². The smallest absolute Gasteiger partial charge is 0.0574 e. The van der Waals surface area contributed by atoms with Crippen LogP contribution < -0.4 is 5.73 Å². The Balaban J connectivity index is 0.000000845. The zero-order chi connectivity index (χ0) is 8.55. The number of nitrogens with two attached hydrogens (primary N) is 1. The molecule has 4 heteroatoms. The molecule has 0 aromatic carbocycles. The molecule has 0 radical (unpaired) electrons. The standard InChI is InChI=1S/C10H14N2.2ClH/c1-7-2-5-9(12-6-7)10(11)8-3-4-8;;/h2,5-6,8,10H,3-4,11H2,1H3;2*1H. The highest BCUT2D eigenvalue weighted by molar-refractivity contribution is 5.85. The normalized spacial score (nSPS) is 16.4. The predicted octanol–water partition coefficient (Wildman–Crippen LogP) is 2.64. The van der Waals surface area contributed by atoms with E-state index in [0.717, 1.165) is 5.69 Å². The van der Waals surface area contributed by atoms with E-state index >= 15 is 0 Å². The van der Waals surface area contributed by atoms with E-state index in [1.165, 1.54) is 18.4 Å². The van der Waals surface area contributed by atoms with Crippen LogP contribution in [0.3, 0.4) is 0 Å². The van der Waals surface area contributed by atoms with E-state index in [4.69, 9.17) is 5.73 Å². The van der Waals surface area contributed by atoms with Gasteiger partial charge in [-0.15, -0.1) is 24.8 Å². The maximum absolute atomic E-state index is 5.99. The molecule has 0 aliphatic heterocycles. The number of hydrogen-bond donors (Lipinski definition) is 1. The number of hydrogen-bond acceptors (Lipinski definition) is 2. The summed E-state index contributed by atoms with van der Waals surface area (Å²) in [7, 11) is 0. The van der Waals surface area contributed by atoms with Crippen LogP contribution >= 0.6 is 24.8 Å². The first-order valence-electron chi connectivity index (χ1n) is 4.45. The van der Waals surface area contributed by atoms with Gasteiger partial charge in [0.2, 0.25) is 0 Å². The first-order valence-corrected chi connectivity index (χ1v) is 4.45. The Labute approximate surface area is 97.1 Å². The summed E-state index contributed by atoms with van der Waals surface area (Å²) in [5.74, 6) is 0.695. The minimum atomic E-state index is 0. The average molecular weight is 235 g/mol. The molecule has 1 heterocycles. The highest BCUT2D eigenvalue weighted by Gasteiger charge is 2.30. The second-order valence-corrected chi connectivity index (χ2v) is 3.62. The van der Waals surface area contributed by atoms with Crippen molar-refractivity contribution < 1.29 is 0 Å². The van der Waals surface area contributed by atoms with Crippen molar-refractivity contribution in [3.8, 4) is 0 Å². The number of aryl methyl sites for hydroxylation is 1. The molecule has 14 heavy (non-hydrogen) atoms. The molecule has 1 aromatic heterocycles. The van der Waals surface area contributed by atoms with Gasteiger partial charge >= 0.3 is 0 Å². The van der Waals surface area contributed by atoms with Crippen LogP contribution in [0.2, 0.25) is 0 Å². The fourth-order valence-electron chi connectivity index (χ4n) is 1.37. The number of rotatable bonds is 2. The van der Waals surface area contributed by atoms with Gasteiger partial charge in [0, 0.05) is 12.2 Å². The third-order valence-corrected chi connectivity index (χ3v) is 2.41. The fourth-order valence-corrected chi connectivity index (χ4v) is 1.37. The maximum Gasteiger partial charge on any atom is 0.0574 e. The highest BCUT2D eigenvalue weighted by atomic mass is 35.5. The topological polar surface area (TPSA) is 38.9 Å². The average Bonchev–Trinajstić information content (AvgIpc) is 2.87. The predicted molar refractivity (Wildman–Crippen MR) is 63.1 cm³/mol. The molecular weight excluding hydrogens is 219 g/mol. The van der Waals surface area contributed by atoms with Gasteiger partial charge in [0.05, 0.1) is 5.69 Å². The minimum absolute atomic E-state index is 0. The summed E-state index contributed by atoms with van der Waals surface area (Å²) in [4.78, 5) is 4.31. The minimum Gasteiger partial charge on any atom is -0.322 e. The van der Waals surface area contributed by atoms with Gasteiger partial charge in [-0.1, -0.05) is 6.07 Å². The first kappa shape index (κ1) is 13.7. The van der Waals surface area contributed by atoms with Crippen LogP contribution in [-0.4, -0.2) is 4.98 Å². The second kappa shape index (κ2) is 5.54. The zero-order valence-electron chi connectivity index (χ0n) is 8.14. The lowest BCUT2D eigenvalue weighted by atomic mass is 10.1.